The summed E-state index contributed by atoms with van der Waals surface area (Å²) in [7, 11) is 0. The smallest absolute Gasteiger partial charge is 0.250 e. The zero-order valence-electron chi connectivity index (χ0n) is 13.8. The molecular formula is C15H23N5O4. The molecule has 0 amide bonds. The van der Waals surface area contributed by atoms with Gasteiger partial charge in [-0.3, -0.25) is 0 Å². The van der Waals surface area contributed by atoms with E-state index in [1.807, 2.05) is 0 Å². The number of allylic oxidation sites excluding steroid dienone is 2. The van der Waals surface area contributed by atoms with Crippen LogP contribution in [0.4, 0.5) is 0 Å². The Morgan fingerprint density at radius 3 is 2.71 bits per heavy atom. The molecule has 0 saturated carbocycles. The number of aliphatic hydroxyl groups is 3. The summed E-state index contributed by atoms with van der Waals surface area (Å²) < 4.78 is 5.63. The van der Waals surface area contributed by atoms with Crippen LogP contribution < -0.4 is 5.73 Å². The minimum atomic E-state index is -1.50. The summed E-state index contributed by atoms with van der Waals surface area (Å²) in [5, 5.41) is 40.2. The summed E-state index contributed by atoms with van der Waals surface area (Å²) in [5.74, 6) is -1.26. The summed E-state index contributed by atoms with van der Waals surface area (Å²) >= 11 is 0. The van der Waals surface area contributed by atoms with Crippen LogP contribution in [-0.4, -0.2) is 56.7 Å². The van der Waals surface area contributed by atoms with Crippen molar-refractivity contribution >= 4 is 12.2 Å². The number of aliphatic hydroxyl groups excluding tert-OH is 1. The fourth-order valence-corrected chi connectivity index (χ4v) is 2.10. The summed E-state index contributed by atoms with van der Waals surface area (Å²) in [6, 6.07) is 2.11. The summed E-state index contributed by atoms with van der Waals surface area (Å²) in [5.41, 5.74) is 4.98. The minimum absolute atomic E-state index is 0.134. The highest BCUT2D eigenvalue weighted by molar-refractivity contribution is 6.01. The van der Waals surface area contributed by atoms with Crippen molar-refractivity contribution < 1.29 is 20.1 Å². The van der Waals surface area contributed by atoms with Crippen LogP contribution >= 0.6 is 0 Å². The van der Waals surface area contributed by atoms with Gasteiger partial charge in [0.25, 0.3) is 0 Å². The zero-order chi connectivity index (χ0) is 18.4. The number of hydrogen-bond acceptors (Lipinski definition) is 9. The Labute approximate surface area is 140 Å². The molecule has 2 aliphatic heterocycles. The Morgan fingerprint density at radius 1 is 1.62 bits per heavy atom. The van der Waals surface area contributed by atoms with E-state index in [-0.39, 0.29) is 18.5 Å². The van der Waals surface area contributed by atoms with E-state index in [1.165, 1.54) is 31.3 Å². The number of hydrogen-bond donors (Lipinski definition) is 4. The lowest BCUT2D eigenvalue weighted by Crippen LogP contribution is -2.48. The number of nitrogens with two attached hydrogens (primary N) is 1. The second-order valence-electron chi connectivity index (χ2n) is 5.70. The first kappa shape index (κ1) is 19.8. The highest BCUT2D eigenvalue weighted by atomic mass is 16.5. The van der Waals surface area contributed by atoms with Crippen LogP contribution in [0.25, 0.3) is 0 Å². The van der Waals surface area contributed by atoms with Gasteiger partial charge >= 0.3 is 0 Å². The van der Waals surface area contributed by atoms with Crippen molar-refractivity contribution in [1.82, 2.24) is 5.01 Å². The lowest BCUT2D eigenvalue weighted by Gasteiger charge is -2.35. The van der Waals surface area contributed by atoms with Gasteiger partial charge < -0.3 is 25.8 Å². The van der Waals surface area contributed by atoms with Crippen LogP contribution in [0.3, 0.4) is 0 Å². The SMILES string of the molecule is C=C/C=C1/C(N)=NC=NN1[C@@]1(C#N)CCC(CO)O1.CC(C)(O)O. The van der Waals surface area contributed by atoms with Crippen LogP contribution in [0.2, 0.25) is 0 Å². The predicted octanol–water partition coefficient (Wildman–Crippen LogP) is -0.229. The number of nitriles is 1. The standard InChI is InChI=1S/C12H15N5O2.C3H8O2/c1-2-3-10-11(14)15-8-16-17(10)12(7-13)5-4-9(6-18)19-12;1-3(2,4)5/h2-3,8-9,18H,1,4-6H2,(H2,14,15,16);4-5H,1-2H3/b10-3-;/t9?,12-;/m0./s1. The Kier molecular flexibility index (Phi) is 6.62. The van der Waals surface area contributed by atoms with E-state index in [0.717, 1.165) is 0 Å². The quantitative estimate of drug-likeness (QED) is 0.520. The molecule has 1 unspecified atom stereocenters. The van der Waals surface area contributed by atoms with Crippen molar-refractivity contribution in [1.29, 1.82) is 5.26 Å². The van der Waals surface area contributed by atoms with Gasteiger partial charge in [0.1, 0.15) is 18.1 Å². The first-order valence-corrected chi connectivity index (χ1v) is 7.30. The minimum Gasteiger partial charge on any atom is -0.394 e. The first-order chi connectivity index (χ1) is 11.2. The van der Waals surface area contributed by atoms with E-state index in [9.17, 15) is 5.26 Å². The maximum Gasteiger partial charge on any atom is 0.250 e. The summed E-state index contributed by atoms with van der Waals surface area (Å²) in [4.78, 5) is 3.89. The fraction of sp³-hybridized carbons (Fsp3) is 0.533. The molecule has 0 aromatic carbocycles. The molecule has 0 aromatic rings. The van der Waals surface area contributed by atoms with Gasteiger partial charge in [0.05, 0.1) is 12.7 Å². The monoisotopic (exact) mass is 337 g/mol. The second-order valence-corrected chi connectivity index (χ2v) is 5.70. The molecular weight excluding hydrogens is 314 g/mol. The highest BCUT2D eigenvalue weighted by Crippen LogP contribution is 2.36. The normalized spacial score (nSPS) is 28.0. The average Bonchev–Trinajstić information content (AvgIpc) is 2.93. The van der Waals surface area contributed by atoms with Gasteiger partial charge in [-0.1, -0.05) is 12.7 Å². The molecule has 9 nitrogen and oxygen atoms in total. The number of amidine groups is 1. The topological polar surface area (TPSA) is 148 Å². The molecule has 0 bridgehead atoms. The maximum atomic E-state index is 9.45. The Balaban J connectivity index is 0.000000505. The number of hydrazone groups is 1. The molecule has 5 N–H and O–H groups in total. The molecule has 0 aromatic heterocycles. The van der Waals surface area contributed by atoms with Crippen molar-refractivity contribution in [3.8, 4) is 6.07 Å². The van der Waals surface area contributed by atoms with Gasteiger partial charge in [-0.2, -0.15) is 10.4 Å². The third-order valence-corrected chi connectivity index (χ3v) is 3.02. The van der Waals surface area contributed by atoms with Crippen molar-refractivity contribution in [2.45, 2.75) is 44.3 Å². The van der Waals surface area contributed by atoms with Gasteiger partial charge in [-0.05, 0) is 26.3 Å². The van der Waals surface area contributed by atoms with E-state index in [1.54, 1.807) is 6.08 Å². The Morgan fingerprint density at radius 2 is 2.25 bits per heavy atom. The van der Waals surface area contributed by atoms with Crippen LogP contribution in [0.5, 0.6) is 0 Å². The molecule has 2 aliphatic rings. The lowest BCUT2D eigenvalue weighted by molar-refractivity contribution is -0.127. The average molecular weight is 337 g/mol. The van der Waals surface area contributed by atoms with Crippen molar-refractivity contribution in [3.63, 3.8) is 0 Å². The molecule has 0 spiro atoms. The van der Waals surface area contributed by atoms with E-state index in [0.29, 0.717) is 18.5 Å². The predicted molar refractivity (Wildman–Crippen MR) is 88.3 cm³/mol. The molecule has 0 radical (unpaired) electrons. The molecule has 2 atom stereocenters. The molecule has 2 rings (SSSR count). The molecule has 1 saturated heterocycles. The summed E-state index contributed by atoms with van der Waals surface area (Å²) in [6.07, 6.45) is 5.05. The summed E-state index contributed by atoms with van der Waals surface area (Å²) in [6.45, 7) is 6.06. The Hall–Kier alpha value is -2.25. The molecule has 0 aliphatic carbocycles. The highest BCUT2D eigenvalue weighted by Gasteiger charge is 2.48. The van der Waals surface area contributed by atoms with Crippen LogP contribution in [0.15, 0.2) is 34.5 Å². The van der Waals surface area contributed by atoms with E-state index >= 15 is 0 Å². The Bertz CT molecular complexity index is 582. The largest absolute Gasteiger partial charge is 0.394 e. The van der Waals surface area contributed by atoms with E-state index < -0.39 is 11.5 Å². The van der Waals surface area contributed by atoms with Crippen molar-refractivity contribution in [2.24, 2.45) is 15.8 Å². The van der Waals surface area contributed by atoms with Gasteiger partial charge in [-0.25, -0.2) is 10.0 Å². The lowest BCUT2D eigenvalue weighted by atomic mass is 10.1. The first-order valence-electron chi connectivity index (χ1n) is 7.30. The van der Waals surface area contributed by atoms with Gasteiger partial charge in [0.2, 0.25) is 5.72 Å². The second kappa shape index (κ2) is 8.03. The number of nitrogens with zero attached hydrogens (tertiary/aromatic N) is 4. The van der Waals surface area contributed by atoms with Gasteiger partial charge in [-0.15, -0.1) is 0 Å². The van der Waals surface area contributed by atoms with E-state index in [4.69, 9.17) is 25.8 Å². The van der Waals surface area contributed by atoms with Crippen molar-refractivity contribution in [3.05, 3.63) is 24.4 Å². The third-order valence-electron chi connectivity index (χ3n) is 3.02. The van der Waals surface area contributed by atoms with Crippen LogP contribution in [-0.2, 0) is 4.74 Å². The molecule has 132 valence electrons. The molecule has 2 heterocycles. The van der Waals surface area contributed by atoms with Gasteiger partial charge in [0.15, 0.2) is 11.6 Å². The molecule has 9 heteroatoms. The molecule has 1 fully saturated rings. The van der Waals surface area contributed by atoms with Crippen molar-refractivity contribution in [2.75, 3.05) is 6.61 Å². The van der Waals surface area contributed by atoms with Crippen LogP contribution in [0, 0.1) is 11.3 Å². The van der Waals surface area contributed by atoms with Gasteiger partial charge in [0, 0.05) is 6.42 Å². The fourth-order valence-electron chi connectivity index (χ4n) is 2.10. The maximum absolute atomic E-state index is 9.45. The zero-order valence-corrected chi connectivity index (χ0v) is 13.8. The van der Waals surface area contributed by atoms with E-state index in [2.05, 4.69) is 22.7 Å². The number of ether oxygens (including phenoxy) is 1. The third kappa shape index (κ3) is 5.14. The van der Waals surface area contributed by atoms with Crippen LogP contribution in [0.1, 0.15) is 26.7 Å². The number of rotatable bonds is 3. The molecule has 24 heavy (non-hydrogen) atoms. The number of aliphatic imine (C=N–C) groups is 1.